The summed E-state index contributed by atoms with van der Waals surface area (Å²) in [5.74, 6) is 1.04. The van der Waals surface area contributed by atoms with Crippen LogP contribution < -0.4 is 0 Å². The van der Waals surface area contributed by atoms with Gasteiger partial charge in [0.2, 0.25) is 0 Å². The normalized spacial score (nSPS) is 22.8. The monoisotopic (exact) mass is 419 g/mol. The molecule has 0 radical (unpaired) electrons. The third-order valence-corrected chi connectivity index (χ3v) is 6.88. The molecule has 1 fully saturated rings. The summed E-state index contributed by atoms with van der Waals surface area (Å²) in [5, 5.41) is 12.1. The molecule has 1 aromatic carbocycles. The first-order valence-electron chi connectivity index (χ1n) is 9.99. The SMILES string of the molecule is CC[C@H]1CSC2=N[C@H](c3ccccn3)[C@@H](c3cccn3-c3ccc([N+](=O)[O-])cc3)N21. The number of hydrogen-bond acceptors (Lipinski definition) is 6. The fourth-order valence-corrected chi connectivity index (χ4v) is 5.61. The second kappa shape index (κ2) is 7.60. The summed E-state index contributed by atoms with van der Waals surface area (Å²) in [5.41, 5.74) is 3.05. The predicted octanol–water partition coefficient (Wildman–Crippen LogP) is 4.76. The molecular formula is C22H21N5O2S. The minimum atomic E-state index is -0.373. The minimum absolute atomic E-state index is 0.0278. The van der Waals surface area contributed by atoms with Gasteiger partial charge in [0.15, 0.2) is 5.17 Å². The van der Waals surface area contributed by atoms with Crippen molar-refractivity contribution < 1.29 is 4.92 Å². The van der Waals surface area contributed by atoms with Gasteiger partial charge in [-0.2, -0.15) is 0 Å². The van der Waals surface area contributed by atoms with Gasteiger partial charge in [-0.15, -0.1) is 0 Å². The summed E-state index contributed by atoms with van der Waals surface area (Å²) in [6.07, 6.45) is 4.87. The number of hydrogen-bond donors (Lipinski definition) is 0. The number of non-ortho nitro benzene ring substituents is 1. The molecule has 4 heterocycles. The molecule has 0 spiro atoms. The second-order valence-electron chi connectivity index (χ2n) is 7.41. The Bertz CT molecular complexity index is 1100. The third kappa shape index (κ3) is 3.08. The Morgan fingerprint density at radius 3 is 2.70 bits per heavy atom. The molecule has 0 bridgehead atoms. The van der Waals surface area contributed by atoms with Crippen LogP contribution in [-0.4, -0.2) is 36.3 Å². The van der Waals surface area contributed by atoms with Crippen LogP contribution in [0.1, 0.15) is 36.8 Å². The van der Waals surface area contributed by atoms with E-state index in [1.807, 2.05) is 48.4 Å². The van der Waals surface area contributed by atoms with Crippen molar-refractivity contribution in [2.24, 2.45) is 4.99 Å². The maximum absolute atomic E-state index is 11.0. The summed E-state index contributed by atoms with van der Waals surface area (Å²) in [4.78, 5) is 22.8. The van der Waals surface area contributed by atoms with Crippen molar-refractivity contribution in [1.82, 2.24) is 14.5 Å². The maximum Gasteiger partial charge on any atom is 0.269 e. The first-order chi connectivity index (χ1) is 14.7. The Labute approximate surface area is 178 Å². The van der Waals surface area contributed by atoms with Crippen LogP contribution in [0.4, 0.5) is 5.69 Å². The van der Waals surface area contributed by atoms with Gasteiger partial charge < -0.3 is 9.47 Å². The van der Waals surface area contributed by atoms with Crippen LogP contribution in [0.3, 0.4) is 0 Å². The average molecular weight is 420 g/mol. The van der Waals surface area contributed by atoms with Crippen LogP contribution in [0, 0.1) is 10.1 Å². The third-order valence-electron chi connectivity index (χ3n) is 5.75. The van der Waals surface area contributed by atoms with E-state index in [1.165, 1.54) is 0 Å². The standard InChI is InChI=1S/C22H21N5O2S/c1-2-15-14-30-22-24-20(18-6-3-4-12-23-18)21(26(15)22)19-7-5-13-25(19)16-8-10-17(11-9-16)27(28)29/h3-13,15,20-21H,2,14H2,1H3/t15-,20+,21+/m0/s1. The molecule has 0 N–H and O–H groups in total. The highest BCUT2D eigenvalue weighted by Gasteiger charge is 2.46. The number of nitro benzene ring substituents is 1. The van der Waals surface area contributed by atoms with Gasteiger partial charge in [0.25, 0.3) is 5.69 Å². The zero-order chi connectivity index (χ0) is 20.7. The number of fused-ring (bicyclic) bond motifs is 1. The smallest absolute Gasteiger partial charge is 0.269 e. The van der Waals surface area contributed by atoms with Crippen molar-refractivity contribution >= 4 is 22.6 Å². The quantitative estimate of drug-likeness (QED) is 0.440. The molecule has 8 heteroatoms. The van der Waals surface area contributed by atoms with E-state index >= 15 is 0 Å². The lowest BCUT2D eigenvalue weighted by Gasteiger charge is -2.32. The van der Waals surface area contributed by atoms with Crippen LogP contribution in [0.5, 0.6) is 0 Å². The number of rotatable bonds is 5. The molecule has 1 saturated heterocycles. The van der Waals surface area contributed by atoms with Crippen molar-refractivity contribution in [3.63, 3.8) is 0 Å². The van der Waals surface area contributed by atoms with Crippen LogP contribution in [-0.2, 0) is 0 Å². The van der Waals surface area contributed by atoms with Crippen molar-refractivity contribution in [3.05, 3.63) is 88.5 Å². The average Bonchev–Trinajstić information content (AvgIpc) is 3.49. The molecular weight excluding hydrogens is 398 g/mol. The van der Waals surface area contributed by atoms with Crippen molar-refractivity contribution in [2.45, 2.75) is 31.5 Å². The Morgan fingerprint density at radius 2 is 2.00 bits per heavy atom. The number of nitrogens with zero attached hydrogens (tertiary/aromatic N) is 5. The molecule has 0 unspecified atom stereocenters. The Morgan fingerprint density at radius 1 is 1.17 bits per heavy atom. The van der Waals surface area contributed by atoms with E-state index in [2.05, 4.69) is 27.4 Å². The molecule has 152 valence electrons. The summed E-state index contributed by atoms with van der Waals surface area (Å²) in [6.45, 7) is 2.22. The lowest BCUT2D eigenvalue weighted by Crippen LogP contribution is -2.36. The van der Waals surface area contributed by atoms with Gasteiger partial charge in [0.05, 0.1) is 10.6 Å². The molecule has 3 aromatic rings. The number of pyridine rings is 1. The van der Waals surface area contributed by atoms with Gasteiger partial charge in [0.1, 0.15) is 12.1 Å². The molecule has 30 heavy (non-hydrogen) atoms. The number of nitro groups is 1. The van der Waals surface area contributed by atoms with E-state index in [-0.39, 0.29) is 22.7 Å². The summed E-state index contributed by atoms with van der Waals surface area (Å²) < 4.78 is 2.11. The van der Waals surface area contributed by atoms with E-state index in [0.29, 0.717) is 6.04 Å². The van der Waals surface area contributed by atoms with E-state index in [0.717, 1.165) is 34.4 Å². The number of amidine groups is 1. The lowest BCUT2D eigenvalue weighted by molar-refractivity contribution is -0.384. The zero-order valence-corrected chi connectivity index (χ0v) is 17.3. The first-order valence-corrected chi connectivity index (χ1v) is 11.0. The van der Waals surface area contributed by atoms with E-state index in [9.17, 15) is 10.1 Å². The topological polar surface area (TPSA) is 76.6 Å². The highest BCUT2D eigenvalue weighted by atomic mass is 32.2. The summed E-state index contributed by atoms with van der Waals surface area (Å²) in [6, 6.07) is 17.2. The van der Waals surface area contributed by atoms with Gasteiger partial charge in [-0.1, -0.05) is 24.8 Å². The largest absolute Gasteiger partial charge is 0.337 e. The van der Waals surface area contributed by atoms with Crippen molar-refractivity contribution in [3.8, 4) is 5.69 Å². The molecule has 3 atom stereocenters. The molecule has 0 amide bonds. The van der Waals surface area contributed by atoms with Gasteiger partial charge in [0, 0.05) is 47.7 Å². The van der Waals surface area contributed by atoms with E-state index in [1.54, 1.807) is 24.3 Å². The van der Waals surface area contributed by atoms with Crippen LogP contribution >= 0.6 is 11.8 Å². The highest BCUT2D eigenvalue weighted by Crippen LogP contribution is 2.48. The molecule has 2 aromatic heterocycles. The maximum atomic E-state index is 11.0. The fraction of sp³-hybridized carbons (Fsp3) is 0.273. The molecule has 0 saturated carbocycles. The van der Waals surface area contributed by atoms with E-state index < -0.39 is 0 Å². The Kier molecular flexibility index (Phi) is 4.78. The minimum Gasteiger partial charge on any atom is -0.337 e. The van der Waals surface area contributed by atoms with Gasteiger partial charge in [-0.3, -0.25) is 20.1 Å². The predicted molar refractivity (Wildman–Crippen MR) is 118 cm³/mol. The summed E-state index contributed by atoms with van der Waals surface area (Å²) >= 11 is 1.82. The molecule has 2 aliphatic rings. The fourth-order valence-electron chi connectivity index (χ4n) is 4.28. The Hall–Kier alpha value is -3.13. The van der Waals surface area contributed by atoms with E-state index in [4.69, 9.17) is 4.99 Å². The van der Waals surface area contributed by atoms with Crippen LogP contribution in [0.15, 0.2) is 72.0 Å². The number of thioether (sulfide) groups is 1. The number of benzene rings is 1. The number of aromatic nitrogens is 2. The zero-order valence-electron chi connectivity index (χ0n) is 16.5. The van der Waals surface area contributed by atoms with Crippen molar-refractivity contribution in [1.29, 1.82) is 0 Å². The van der Waals surface area contributed by atoms with Gasteiger partial charge >= 0.3 is 0 Å². The number of aliphatic imine (C=N–C) groups is 1. The van der Waals surface area contributed by atoms with Crippen LogP contribution in [0.2, 0.25) is 0 Å². The first kappa shape index (κ1) is 18.9. The van der Waals surface area contributed by atoms with Gasteiger partial charge in [-0.05, 0) is 42.8 Å². The van der Waals surface area contributed by atoms with Gasteiger partial charge in [-0.25, -0.2) is 0 Å². The Balaban J connectivity index is 1.59. The highest BCUT2D eigenvalue weighted by molar-refractivity contribution is 8.14. The molecule has 5 rings (SSSR count). The summed E-state index contributed by atoms with van der Waals surface area (Å²) in [7, 11) is 0. The van der Waals surface area contributed by atoms with Crippen molar-refractivity contribution in [2.75, 3.05) is 5.75 Å². The molecule has 7 nitrogen and oxygen atoms in total. The van der Waals surface area contributed by atoms with Crippen LogP contribution in [0.25, 0.3) is 5.69 Å². The molecule has 2 aliphatic heterocycles. The molecule has 0 aliphatic carbocycles. The second-order valence-corrected chi connectivity index (χ2v) is 8.40. The lowest BCUT2D eigenvalue weighted by atomic mass is 9.99.